The first-order valence-corrected chi connectivity index (χ1v) is 8.43. The lowest BCUT2D eigenvalue weighted by Gasteiger charge is -2.20. The van der Waals surface area contributed by atoms with Crippen LogP contribution in [0.2, 0.25) is 0 Å². The largest absolute Gasteiger partial charge is 0.346 e. The molecule has 1 heterocycles. The van der Waals surface area contributed by atoms with E-state index in [2.05, 4.69) is 29.2 Å². The Balaban J connectivity index is 1.48. The molecule has 0 saturated heterocycles. The lowest BCUT2D eigenvalue weighted by Crippen LogP contribution is -2.29. The van der Waals surface area contributed by atoms with Gasteiger partial charge in [-0.25, -0.2) is 4.98 Å². The fourth-order valence-electron chi connectivity index (χ4n) is 3.46. The summed E-state index contributed by atoms with van der Waals surface area (Å²) >= 11 is 0. The predicted molar refractivity (Wildman–Crippen MR) is 91.3 cm³/mol. The van der Waals surface area contributed by atoms with Crippen molar-refractivity contribution >= 4 is 5.91 Å². The van der Waals surface area contributed by atoms with Gasteiger partial charge in [-0.15, -0.1) is 0 Å². The van der Waals surface area contributed by atoms with E-state index in [1.165, 1.54) is 11.1 Å². The number of benzene rings is 1. The molecule has 0 aliphatic heterocycles. The maximum absolute atomic E-state index is 12.5. The van der Waals surface area contributed by atoms with E-state index in [1.54, 1.807) is 0 Å². The smallest absolute Gasteiger partial charge is 0.222 e. The van der Waals surface area contributed by atoms with Gasteiger partial charge in [0.2, 0.25) is 5.91 Å². The standard InChI is InChI=1S/C19H25N3O/c1-21-13-11-20-18(21)8-5-12-22(2)19(23)14-16-10-9-15-6-3-4-7-17(15)16/h3-4,6-7,11,13,16H,5,8-10,12,14H2,1-2H3/t16-/m0/s1. The van der Waals surface area contributed by atoms with Gasteiger partial charge in [0.05, 0.1) is 0 Å². The monoisotopic (exact) mass is 311 g/mol. The molecule has 1 aliphatic rings. The lowest BCUT2D eigenvalue weighted by molar-refractivity contribution is -0.130. The van der Waals surface area contributed by atoms with E-state index in [0.29, 0.717) is 12.3 Å². The Kier molecular flexibility index (Phi) is 4.79. The number of carbonyl (C=O) groups excluding carboxylic acids is 1. The van der Waals surface area contributed by atoms with Crippen LogP contribution in [-0.4, -0.2) is 34.0 Å². The number of aryl methyl sites for hydroxylation is 3. The summed E-state index contributed by atoms with van der Waals surface area (Å²) in [6, 6.07) is 8.54. The molecule has 0 N–H and O–H groups in total. The number of hydrogen-bond donors (Lipinski definition) is 0. The van der Waals surface area contributed by atoms with Crippen molar-refractivity contribution in [2.75, 3.05) is 13.6 Å². The summed E-state index contributed by atoms with van der Waals surface area (Å²) in [6.45, 7) is 0.792. The maximum atomic E-state index is 12.5. The van der Waals surface area contributed by atoms with Gasteiger partial charge in [-0.1, -0.05) is 24.3 Å². The van der Waals surface area contributed by atoms with Crippen molar-refractivity contribution in [2.24, 2.45) is 7.05 Å². The maximum Gasteiger partial charge on any atom is 0.222 e. The molecule has 0 bridgehead atoms. The first kappa shape index (κ1) is 15.8. The predicted octanol–water partition coefficient (Wildman–Crippen LogP) is 2.93. The van der Waals surface area contributed by atoms with Crippen LogP contribution in [0.4, 0.5) is 0 Å². The van der Waals surface area contributed by atoms with Crippen molar-refractivity contribution in [2.45, 2.75) is 38.0 Å². The zero-order valence-corrected chi connectivity index (χ0v) is 14.0. The van der Waals surface area contributed by atoms with Gasteiger partial charge >= 0.3 is 0 Å². The molecule has 0 unspecified atom stereocenters. The van der Waals surface area contributed by atoms with Crippen molar-refractivity contribution < 1.29 is 4.79 Å². The molecule has 122 valence electrons. The Morgan fingerprint density at radius 2 is 2.22 bits per heavy atom. The highest BCUT2D eigenvalue weighted by Gasteiger charge is 2.25. The molecular weight excluding hydrogens is 286 g/mol. The minimum absolute atomic E-state index is 0.256. The van der Waals surface area contributed by atoms with Gasteiger partial charge in [0.25, 0.3) is 0 Å². The summed E-state index contributed by atoms with van der Waals surface area (Å²) in [6.07, 6.45) is 8.49. The number of rotatable bonds is 6. The van der Waals surface area contributed by atoms with Crippen LogP contribution in [-0.2, 0) is 24.7 Å². The van der Waals surface area contributed by atoms with E-state index < -0.39 is 0 Å². The minimum Gasteiger partial charge on any atom is -0.346 e. The highest BCUT2D eigenvalue weighted by molar-refractivity contribution is 5.77. The lowest BCUT2D eigenvalue weighted by atomic mass is 9.97. The van der Waals surface area contributed by atoms with Gasteiger partial charge in [0.15, 0.2) is 0 Å². The third kappa shape index (κ3) is 3.63. The van der Waals surface area contributed by atoms with E-state index in [9.17, 15) is 4.79 Å². The van der Waals surface area contributed by atoms with E-state index in [-0.39, 0.29) is 5.91 Å². The zero-order valence-electron chi connectivity index (χ0n) is 14.0. The zero-order chi connectivity index (χ0) is 16.2. The normalized spacial score (nSPS) is 16.3. The summed E-state index contributed by atoms with van der Waals surface area (Å²) in [4.78, 5) is 18.7. The molecule has 0 spiro atoms. The van der Waals surface area contributed by atoms with Gasteiger partial charge in [-0.2, -0.15) is 0 Å². The van der Waals surface area contributed by atoms with E-state index in [4.69, 9.17) is 0 Å². The molecule has 0 fully saturated rings. The van der Waals surface area contributed by atoms with Gasteiger partial charge in [-0.05, 0) is 36.3 Å². The third-order valence-electron chi connectivity index (χ3n) is 4.92. The van der Waals surface area contributed by atoms with Crippen LogP contribution in [0, 0.1) is 0 Å². The molecule has 4 heteroatoms. The van der Waals surface area contributed by atoms with Crippen molar-refractivity contribution in [3.63, 3.8) is 0 Å². The molecule has 1 aromatic carbocycles. The van der Waals surface area contributed by atoms with Crippen molar-refractivity contribution in [1.82, 2.24) is 14.5 Å². The Bertz CT molecular complexity index is 677. The molecule has 3 rings (SSSR count). The molecule has 1 amide bonds. The quantitative estimate of drug-likeness (QED) is 0.822. The average molecular weight is 311 g/mol. The molecule has 23 heavy (non-hydrogen) atoms. The van der Waals surface area contributed by atoms with Crippen LogP contribution in [0.5, 0.6) is 0 Å². The van der Waals surface area contributed by atoms with Gasteiger partial charge in [0.1, 0.15) is 5.82 Å². The van der Waals surface area contributed by atoms with Crippen LogP contribution < -0.4 is 0 Å². The topological polar surface area (TPSA) is 38.1 Å². The Morgan fingerprint density at radius 3 is 3.00 bits per heavy atom. The summed E-state index contributed by atoms with van der Waals surface area (Å²) in [5.41, 5.74) is 2.80. The number of nitrogens with zero attached hydrogens (tertiary/aromatic N) is 3. The van der Waals surface area contributed by atoms with Crippen LogP contribution >= 0.6 is 0 Å². The first-order valence-electron chi connectivity index (χ1n) is 8.43. The molecule has 1 aromatic heterocycles. The third-order valence-corrected chi connectivity index (χ3v) is 4.92. The number of fused-ring (bicyclic) bond motifs is 1. The molecular formula is C19H25N3O. The second kappa shape index (κ2) is 6.99. The molecule has 0 saturated carbocycles. The van der Waals surface area contributed by atoms with E-state index in [1.807, 2.05) is 36.0 Å². The summed E-state index contributed by atoms with van der Waals surface area (Å²) in [5, 5.41) is 0. The second-order valence-corrected chi connectivity index (χ2v) is 6.51. The number of imidazole rings is 1. The fraction of sp³-hybridized carbons (Fsp3) is 0.474. The van der Waals surface area contributed by atoms with Crippen LogP contribution in [0.25, 0.3) is 0 Å². The Hall–Kier alpha value is -2.10. The summed E-state index contributed by atoms with van der Waals surface area (Å²) < 4.78 is 2.04. The van der Waals surface area contributed by atoms with Gasteiger partial charge in [-0.3, -0.25) is 4.79 Å². The van der Waals surface area contributed by atoms with Crippen molar-refractivity contribution in [1.29, 1.82) is 0 Å². The number of amides is 1. The van der Waals surface area contributed by atoms with E-state index in [0.717, 1.165) is 38.1 Å². The van der Waals surface area contributed by atoms with Crippen LogP contribution in [0.3, 0.4) is 0 Å². The minimum atomic E-state index is 0.256. The number of hydrogen-bond acceptors (Lipinski definition) is 2. The summed E-state index contributed by atoms with van der Waals surface area (Å²) in [5.74, 6) is 1.73. The first-order chi connectivity index (χ1) is 11.1. The highest BCUT2D eigenvalue weighted by atomic mass is 16.2. The van der Waals surface area contributed by atoms with Crippen LogP contribution in [0.15, 0.2) is 36.7 Å². The van der Waals surface area contributed by atoms with Gasteiger partial charge in [0, 0.05) is 45.9 Å². The summed E-state index contributed by atoms with van der Waals surface area (Å²) in [7, 11) is 3.93. The molecule has 1 atom stereocenters. The fourth-order valence-corrected chi connectivity index (χ4v) is 3.46. The molecule has 2 aromatic rings. The SMILES string of the molecule is CN(CCCc1nccn1C)C(=O)C[C@@H]1CCc2ccccc21. The van der Waals surface area contributed by atoms with E-state index >= 15 is 0 Å². The van der Waals surface area contributed by atoms with Crippen molar-refractivity contribution in [3.05, 3.63) is 53.6 Å². The van der Waals surface area contributed by atoms with Crippen LogP contribution in [0.1, 0.15) is 42.1 Å². The Labute approximate surface area is 138 Å². The molecule has 1 aliphatic carbocycles. The number of carbonyl (C=O) groups is 1. The molecule has 0 radical (unpaired) electrons. The number of aromatic nitrogens is 2. The molecule has 4 nitrogen and oxygen atoms in total. The van der Waals surface area contributed by atoms with Gasteiger partial charge < -0.3 is 9.47 Å². The van der Waals surface area contributed by atoms with Crippen molar-refractivity contribution in [3.8, 4) is 0 Å². The average Bonchev–Trinajstić information content (AvgIpc) is 3.14. The Morgan fingerprint density at radius 1 is 1.39 bits per heavy atom. The second-order valence-electron chi connectivity index (χ2n) is 6.51. The highest BCUT2D eigenvalue weighted by Crippen LogP contribution is 2.35.